The van der Waals surface area contributed by atoms with E-state index >= 15 is 0 Å². The molecule has 0 atom stereocenters. The lowest BCUT2D eigenvalue weighted by atomic mass is 10.2. The number of nitrogens with zero attached hydrogens (tertiary/aromatic N) is 3. The number of fused-ring (bicyclic) bond motifs is 1. The largest absolute Gasteiger partial charge is 0.489 e. The van der Waals surface area contributed by atoms with Crippen LogP contribution < -0.4 is 4.74 Å². The van der Waals surface area contributed by atoms with Crippen molar-refractivity contribution in [3.05, 3.63) is 72.2 Å². The lowest BCUT2D eigenvalue weighted by Crippen LogP contribution is -1.99. The molecule has 0 saturated carbocycles. The first kappa shape index (κ1) is 14.9. The molecule has 0 bridgehead atoms. The Hall–Kier alpha value is -3.61. The van der Waals surface area contributed by atoms with Crippen LogP contribution in [0.15, 0.2) is 60.9 Å². The van der Waals surface area contributed by atoms with Gasteiger partial charge in [-0.1, -0.05) is 12.1 Å². The Morgan fingerprint density at radius 2 is 2.12 bits per heavy atom. The van der Waals surface area contributed by atoms with E-state index in [0.717, 1.165) is 11.3 Å². The molecule has 0 spiro atoms. The van der Waals surface area contributed by atoms with Gasteiger partial charge in [0.1, 0.15) is 12.4 Å². The van der Waals surface area contributed by atoms with Crippen molar-refractivity contribution in [2.45, 2.75) is 6.61 Å². The third kappa shape index (κ3) is 2.94. The molecule has 7 heteroatoms. The molecule has 0 saturated heterocycles. The van der Waals surface area contributed by atoms with Crippen LogP contribution in [0.4, 0.5) is 0 Å². The van der Waals surface area contributed by atoms with E-state index in [2.05, 4.69) is 15.3 Å². The fourth-order valence-electron chi connectivity index (χ4n) is 2.63. The summed E-state index contributed by atoms with van der Waals surface area (Å²) in [7, 11) is 0. The summed E-state index contributed by atoms with van der Waals surface area (Å²) in [6.07, 6.45) is 3.61. The Bertz CT molecular complexity index is 1040. The summed E-state index contributed by atoms with van der Waals surface area (Å²) in [5.41, 5.74) is 2.60. The van der Waals surface area contributed by atoms with Gasteiger partial charge in [-0.05, 0) is 35.9 Å². The van der Waals surface area contributed by atoms with Gasteiger partial charge in [0.15, 0.2) is 5.69 Å². The molecule has 2 aromatic carbocycles. The molecule has 0 fully saturated rings. The number of benzene rings is 2. The molecule has 2 aromatic heterocycles. The molecule has 124 valence electrons. The first-order valence-electron chi connectivity index (χ1n) is 7.64. The van der Waals surface area contributed by atoms with Crippen molar-refractivity contribution in [3.63, 3.8) is 0 Å². The van der Waals surface area contributed by atoms with E-state index in [9.17, 15) is 4.79 Å². The van der Waals surface area contributed by atoms with Crippen LogP contribution in [-0.2, 0) is 6.61 Å². The Morgan fingerprint density at radius 1 is 1.20 bits per heavy atom. The molecule has 0 aliphatic carbocycles. The minimum atomic E-state index is -1.06. The molecule has 4 aromatic rings. The van der Waals surface area contributed by atoms with E-state index < -0.39 is 5.97 Å². The third-order valence-electron chi connectivity index (χ3n) is 3.82. The van der Waals surface area contributed by atoms with Crippen molar-refractivity contribution >= 4 is 16.9 Å². The standard InChI is InChI=1S/C18H14N4O3/c23-18(24)17-15-6-5-14(10-16(15)20-21-17)25-11-12-3-1-4-13(9-12)22-8-2-7-19-22/h1-10H,11H2,(H,20,21)(H,23,24). The van der Waals surface area contributed by atoms with Crippen LogP contribution in [0.5, 0.6) is 5.75 Å². The van der Waals surface area contributed by atoms with Gasteiger partial charge in [-0.25, -0.2) is 9.48 Å². The number of aromatic nitrogens is 4. The van der Waals surface area contributed by atoms with Gasteiger partial charge in [0, 0.05) is 23.8 Å². The number of H-pyrrole nitrogens is 1. The van der Waals surface area contributed by atoms with Crippen LogP contribution in [0, 0.1) is 0 Å². The van der Waals surface area contributed by atoms with Crippen molar-refractivity contribution < 1.29 is 14.6 Å². The first-order chi connectivity index (χ1) is 12.2. The highest BCUT2D eigenvalue weighted by atomic mass is 16.5. The minimum absolute atomic E-state index is 0.00785. The van der Waals surface area contributed by atoms with Crippen LogP contribution in [0.2, 0.25) is 0 Å². The summed E-state index contributed by atoms with van der Waals surface area (Å²) in [6.45, 7) is 0.389. The maximum Gasteiger partial charge on any atom is 0.357 e. The summed E-state index contributed by atoms with van der Waals surface area (Å²) in [4.78, 5) is 11.1. The van der Waals surface area contributed by atoms with Gasteiger partial charge in [-0.2, -0.15) is 10.2 Å². The van der Waals surface area contributed by atoms with Gasteiger partial charge in [-0.15, -0.1) is 0 Å². The van der Waals surface area contributed by atoms with E-state index in [1.165, 1.54) is 0 Å². The van der Waals surface area contributed by atoms with E-state index in [1.807, 2.05) is 36.5 Å². The van der Waals surface area contributed by atoms with Gasteiger partial charge in [0.2, 0.25) is 0 Å². The minimum Gasteiger partial charge on any atom is -0.489 e. The summed E-state index contributed by atoms with van der Waals surface area (Å²) in [5, 5.41) is 20.4. The molecule has 25 heavy (non-hydrogen) atoms. The van der Waals surface area contributed by atoms with Gasteiger partial charge in [0.25, 0.3) is 0 Å². The van der Waals surface area contributed by atoms with Crippen LogP contribution in [0.3, 0.4) is 0 Å². The van der Waals surface area contributed by atoms with Crippen molar-refractivity contribution in [3.8, 4) is 11.4 Å². The van der Waals surface area contributed by atoms with Crippen molar-refractivity contribution in [1.29, 1.82) is 0 Å². The predicted molar refractivity (Wildman–Crippen MR) is 90.9 cm³/mol. The lowest BCUT2D eigenvalue weighted by molar-refractivity contribution is 0.0692. The predicted octanol–water partition coefficient (Wildman–Crippen LogP) is 3.03. The number of carboxylic acid groups (broad SMARTS) is 1. The molecule has 2 heterocycles. The molecular weight excluding hydrogens is 320 g/mol. The summed E-state index contributed by atoms with van der Waals surface area (Å²) in [6, 6.07) is 14.9. The quantitative estimate of drug-likeness (QED) is 0.585. The maximum atomic E-state index is 11.1. The van der Waals surface area contributed by atoms with Crippen LogP contribution in [0.1, 0.15) is 16.1 Å². The van der Waals surface area contributed by atoms with Gasteiger partial charge in [0.05, 0.1) is 11.2 Å². The van der Waals surface area contributed by atoms with Crippen LogP contribution in [0.25, 0.3) is 16.6 Å². The number of rotatable bonds is 5. The van der Waals surface area contributed by atoms with Gasteiger partial charge >= 0.3 is 5.97 Å². The zero-order chi connectivity index (χ0) is 17.2. The number of hydrogen-bond donors (Lipinski definition) is 2. The Labute approximate surface area is 142 Å². The lowest BCUT2D eigenvalue weighted by Gasteiger charge is -2.08. The van der Waals surface area contributed by atoms with Gasteiger partial charge in [-0.3, -0.25) is 5.10 Å². The summed E-state index contributed by atoms with van der Waals surface area (Å²) < 4.78 is 7.60. The highest BCUT2D eigenvalue weighted by Crippen LogP contribution is 2.23. The summed E-state index contributed by atoms with van der Waals surface area (Å²) >= 11 is 0. The van der Waals surface area contributed by atoms with E-state index in [-0.39, 0.29) is 5.69 Å². The monoisotopic (exact) mass is 334 g/mol. The van der Waals surface area contributed by atoms with Gasteiger partial charge < -0.3 is 9.84 Å². The average Bonchev–Trinajstić information content (AvgIpc) is 3.29. The Balaban J connectivity index is 1.52. The topological polar surface area (TPSA) is 93.0 Å². The smallest absolute Gasteiger partial charge is 0.357 e. The number of aromatic carboxylic acids is 1. The van der Waals surface area contributed by atoms with Crippen molar-refractivity contribution in [2.75, 3.05) is 0 Å². The second-order valence-corrected chi connectivity index (χ2v) is 5.49. The highest BCUT2D eigenvalue weighted by molar-refractivity contribution is 6.01. The zero-order valence-corrected chi connectivity index (χ0v) is 13.1. The fraction of sp³-hybridized carbons (Fsp3) is 0.0556. The number of nitrogens with one attached hydrogen (secondary N) is 1. The molecule has 7 nitrogen and oxygen atoms in total. The Morgan fingerprint density at radius 3 is 2.92 bits per heavy atom. The fourth-order valence-corrected chi connectivity index (χ4v) is 2.63. The average molecular weight is 334 g/mol. The molecular formula is C18H14N4O3. The van der Waals surface area contributed by atoms with E-state index in [4.69, 9.17) is 9.84 Å². The molecule has 0 unspecified atom stereocenters. The number of carbonyl (C=O) groups is 1. The summed E-state index contributed by atoms with van der Waals surface area (Å²) in [5.74, 6) is -0.423. The van der Waals surface area contributed by atoms with Crippen LogP contribution in [-0.4, -0.2) is 31.1 Å². The van der Waals surface area contributed by atoms with E-state index in [0.29, 0.717) is 23.3 Å². The number of hydrogen-bond acceptors (Lipinski definition) is 4. The number of ether oxygens (including phenoxy) is 1. The van der Waals surface area contributed by atoms with Crippen molar-refractivity contribution in [1.82, 2.24) is 20.0 Å². The molecule has 0 aliphatic rings. The SMILES string of the molecule is O=C(O)c1n[nH]c2cc(OCc3cccc(-n4cccn4)c3)ccc12. The normalized spacial score (nSPS) is 10.9. The third-order valence-corrected chi connectivity index (χ3v) is 3.82. The molecule has 0 radical (unpaired) electrons. The molecule has 0 aliphatic heterocycles. The molecule has 4 rings (SSSR count). The molecule has 0 amide bonds. The van der Waals surface area contributed by atoms with Crippen molar-refractivity contribution in [2.24, 2.45) is 0 Å². The second kappa shape index (κ2) is 6.12. The Kier molecular flexibility index (Phi) is 3.66. The zero-order valence-electron chi connectivity index (χ0n) is 13.1. The van der Waals surface area contributed by atoms with E-state index in [1.54, 1.807) is 29.1 Å². The first-order valence-corrected chi connectivity index (χ1v) is 7.64. The highest BCUT2D eigenvalue weighted by Gasteiger charge is 2.12. The second-order valence-electron chi connectivity index (χ2n) is 5.49. The van der Waals surface area contributed by atoms with Crippen LogP contribution >= 0.6 is 0 Å². The molecule has 2 N–H and O–H groups in total. The number of aromatic amines is 1. The number of carboxylic acids is 1. The maximum absolute atomic E-state index is 11.1.